The van der Waals surface area contributed by atoms with E-state index < -0.39 is 23.8 Å². The number of para-hydroxylation sites is 2. The SMILES string of the molecule is NC(=O)N(c1cccc(C(F)(F)F)c1)c1ccccc1N1CNC(=O)N1. The highest BCUT2D eigenvalue weighted by Crippen LogP contribution is 2.37. The van der Waals surface area contributed by atoms with Gasteiger partial charge in [0.05, 0.1) is 22.6 Å². The quantitative estimate of drug-likeness (QED) is 0.781. The van der Waals surface area contributed by atoms with Gasteiger partial charge in [-0.05, 0) is 30.3 Å². The summed E-state index contributed by atoms with van der Waals surface area (Å²) in [5, 5.41) is 3.94. The van der Waals surface area contributed by atoms with Gasteiger partial charge in [-0.1, -0.05) is 18.2 Å². The van der Waals surface area contributed by atoms with Crippen LogP contribution in [0.25, 0.3) is 0 Å². The molecule has 0 saturated carbocycles. The van der Waals surface area contributed by atoms with Gasteiger partial charge in [-0.25, -0.2) is 15.0 Å². The van der Waals surface area contributed by atoms with E-state index in [4.69, 9.17) is 5.73 Å². The molecule has 0 radical (unpaired) electrons. The number of hydrazine groups is 1. The molecule has 1 saturated heterocycles. The van der Waals surface area contributed by atoms with E-state index in [1.807, 2.05) is 0 Å². The molecule has 0 bridgehead atoms. The van der Waals surface area contributed by atoms with Gasteiger partial charge in [0.1, 0.15) is 6.67 Å². The molecule has 1 heterocycles. The third kappa shape index (κ3) is 3.34. The van der Waals surface area contributed by atoms with Gasteiger partial charge < -0.3 is 11.1 Å². The number of amides is 4. The van der Waals surface area contributed by atoms with E-state index in [-0.39, 0.29) is 18.0 Å². The molecule has 4 N–H and O–H groups in total. The summed E-state index contributed by atoms with van der Waals surface area (Å²) in [7, 11) is 0. The number of halogens is 3. The largest absolute Gasteiger partial charge is 0.416 e. The number of nitrogens with two attached hydrogens (primary N) is 1. The third-order valence-electron chi connectivity index (χ3n) is 3.70. The fourth-order valence-electron chi connectivity index (χ4n) is 2.59. The predicted octanol–water partition coefficient (Wildman–Crippen LogP) is 2.91. The summed E-state index contributed by atoms with van der Waals surface area (Å²) in [6.45, 7) is 0.116. The summed E-state index contributed by atoms with van der Waals surface area (Å²) in [5.41, 5.74) is 7.62. The number of hydrogen-bond acceptors (Lipinski definition) is 3. The molecule has 1 aliphatic rings. The molecule has 4 amide bonds. The number of primary amides is 1. The lowest BCUT2D eigenvalue weighted by Crippen LogP contribution is -2.36. The summed E-state index contributed by atoms with van der Waals surface area (Å²) >= 11 is 0. The molecule has 0 atom stereocenters. The highest BCUT2D eigenvalue weighted by Gasteiger charge is 2.32. The molecule has 26 heavy (non-hydrogen) atoms. The number of benzene rings is 2. The molecular formula is C16H14F3N5O2. The summed E-state index contributed by atoms with van der Waals surface area (Å²) in [5.74, 6) is 0. The van der Waals surface area contributed by atoms with Crippen molar-refractivity contribution in [2.24, 2.45) is 5.73 Å². The van der Waals surface area contributed by atoms with Gasteiger partial charge >= 0.3 is 18.2 Å². The van der Waals surface area contributed by atoms with Crippen molar-refractivity contribution in [1.82, 2.24) is 10.7 Å². The molecule has 0 aliphatic carbocycles. The van der Waals surface area contributed by atoms with Crippen molar-refractivity contribution in [2.75, 3.05) is 16.6 Å². The normalized spacial score (nSPS) is 14.0. The van der Waals surface area contributed by atoms with Crippen LogP contribution in [0.3, 0.4) is 0 Å². The number of rotatable bonds is 3. The standard InChI is InChI=1S/C16H14F3N5O2/c17-16(18,19)10-4-3-5-11(8-10)24(14(20)25)13-7-2-1-6-12(13)23-9-21-15(26)22-23/h1-8H,9H2,(H2,20,25)(H2,21,22,26). The Bertz CT molecular complexity index is 856. The van der Waals surface area contributed by atoms with Crippen LogP contribution >= 0.6 is 0 Å². The van der Waals surface area contributed by atoms with Gasteiger partial charge in [0.2, 0.25) is 0 Å². The van der Waals surface area contributed by atoms with Crippen LogP contribution in [0.1, 0.15) is 5.56 Å². The van der Waals surface area contributed by atoms with E-state index in [0.29, 0.717) is 5.69 Å². The Morgan fingerprint density at radius 3 is 2.50 bits per heavy atom. The van der Waals surface area contributed by atoms with Crippen LogP contribution in [0.5, 0.6) is 0 Å². The van der Waals surface area contributed by atoms with Crippen LogP contribution in [0, 0.1) is 0 Å². The first-order valence-corrected chi connectivity index (χ1v) is 7.45. The molecule has 1 aliphatic heterocycles. The van der Waals surface area contributed by atoms with E-state index >= 15 is 0 Å². The summed E-state index contributed by atoms with van der Waals surface area (Å²) < 4.78 is 39.0. The minimum absolute atomic E-state index is 0.0433. The fourth-order valence-corrected chi connectivity index (χ4v) is 2.59. The van der Waals surface area contributed by atoms with E-state index in [9.17, 15) is 22.8 Å². The van der Waals surface area contributed by atoms with Crippen LogP contribution < -0.4 is 26.4 Å². The van der Waals surface area contributed by atoms with Crippen LogP contribution in [-0.4, -0.2) is 18.7 Å². The minimum Gasteiger partial charge on any atom is -0.351 e. The number of hydrogen-bond donors (Lipinski definition) is 3. The maximum absolute atomic E-state index is 13.0. The van der Waals surface area contributed by atoms with Crippen molar-refractivity contribution < 1.29 is 22.8 Å². The van der Waals surface area contributed by atoms with E-state index in [1.54, 1.807) is 18.2 Å². The zero-order valence-corrected chi connectivity index (χ0v) is 13.2. The Morgan fingerprint density at radius 2 is 1.88 bits per heavy atom. The smallest absolute Gasteiger partial charge is 0.351 e. The van der Waals surface area contributed by atoms with Crippen LogP contribution in [0.2, 0.25) is 0 Å². The van der Waals surface area contributed by atoms with Gasteiger partial charge in [0.15, 0.2) is 0 Å². The van der Waals surface area contributed by atoms with Gasteiger partial charge in [0, 0.05) is 0 Å². The number of anilines is 3. The van der Waals surface area contributed by atoms with Gasteiger partial charge in [0.25, 0.3) is 0 Å². The van der Waals surface area contributed by atoms with E-state index in [2.05, 4.69) is 10.7 Å². The van der Waals surface area contributed by atoms with Crippen molar-refractivity contribution in [3.05, 3.63) is 54.1 Å². The maximum atomic E-state index is 13.0. The number of urea groups is 2. The van der Waals surface area contributed by atoms with Gasteiger partial charge in [-0.15, -0.1) is 0 Å². The molecule has 2 aromatic rings. The zero-order chi connectivity index (χ0) is 18.9. The Labute approximate surface area is 146 Å². The van der Waals surface area contributed by atoms with Crippen molar-refractivity contribution in [3.8, 4) is 0 Å². The molecule has 3 rings (SSSR count). The second kappa shape index (κ2) is 6.47. The van der Waals surface area contributed by atoms with Gasteiger partial charge in [-0.2, -0.15) is 13.2 Å². The van der Waals surface area contributed by atoms with Crippen LogP contribution in [0.4, 0.5) is 39.8 Å². The average Bonchev–Trinajstić information content (AvgIpc) is 3.01. The summed E-state index contributed by atoms with van der Waals surface area (Å²) in [6, 6.07) is 9.26. The minimum atomic E-state index is -4.56. The number of alkyl halides is 3. The van der Waals surface area contributed by atoms with Crippen molar-refractivity contribution >= 4 is 29.1 Å². The highest BCUT2D eigenvalue weighted by atomic mass is 19.4. The first kappa shape index (κ1) is 17.4. The highest BCUT2D eigenvalue weighted by molar-refractivity contribution is 6.02. The number of carbonyl (C=O) groups excluding carboxylic acids is 2. The summed E-state index contributed by atoms with van der Waals surface area (Å²) in [4.78, 5) is 24.4. The molecule has 7 nitrogen and oxygen atoms in total. The van der Waals surface area contributed by atoms with Crippen molar-refractivity contribution in [1.29, 1.82) is 0 Å². The fraction of sp³-hybridized carbons (Fsp3) is 0.125. The second-order valence-corrected chi connectivity index (χ2v) is 5.41. The molecule has 10 heteroatoms. The lowest BCUT2D eigenvalue weighted by Gasteiger charge is -2.27. The molecule has 0 unspecified atom stereocenters. The van der Waals surface area contributed by atoms with Crippen LogP contribution in [-0.2, 0) is 6.18 Å². The topological polar surface area (TPSA) is 90.7 Å². The van der Waals surface area contributed by atoms with Crippen molar-refractivity contribution in [3.63, 3.8) is 0 Å². The maximum Gasteiger partial charge on any atom is 0.416 e. The first-order chi connectivity index (χ1) is 12.3. The lowest BCUT2D eigenvalue weighted by molar-refractivity contribution is -0.137. The Kier molecular flexibility index (Phi) is 4.33. The third-order valence-corrected chi connectivity index (χ3v) is 3.70. The number of nitrogens with one attached hydrogen (secondary N) is 2. The lowest BCUT2D eigenvalue weighted by atomic mass is 10.1. The molecular weight excluding hydrogens is 351 g/mol. The molecule has 136 valence electrons. The molecule has 0 spiro atoms. The van der Waals surface area contributed by atoms with Crippen LogP contribution in [0.15, 0.2) is 48.5 Å². The number of carbonyl (C=O) groups is 2. The molecule has 0 aromatic heterocycles. The Morgan fingerprint density at radius 1 is 1.15 bits per heavy atom. The Balaban J connectivity index is 2.08. The Hall–Kier alpha value is -3.43. The molecule has 1 fully saturated rings. The molecule has 2 aromatic carbocycles. The van der Waals surface area contributed by atoms with Crippen molar-refractivity contribution in [2.45, 2.75) is 6.18 Å². The first-order valence-electron chi connectivity index (χ1n) is 7.45. The van der Waals surface area contributed by atoms with E-state index in [1.165, 1.54) is 23.2 Å². The predicted molar refractivity (Wildman–Crippen MR) is 88.6 cm³/mol. The second-order valence-electron chi connectivity index (χ2n) is 5.41. The average molecular weight is 365 g/mol. The van der Waals surface area contributed by atoms with E-state index in [0.717, 1.165) is 17.0 Å². The zero-order valence-electron chi connectivity index (χ0n) is 13.2. The number of nitrogens with zero attached hydrogens (tertiary/aromatic N) is 2. The summed E-state index contributed by atoms with van der Waals surface area (Å²) in [6.07, 6.45) is -4.56. The van der Waals surface area contributed by atoms with Gasteiger partial charge in [-0.3, -0.25) is 9.91 Å². The monoisotopic (exact) mass is 365 g/mol.